The normalized spacial score (nSPS) is 16.4. The fourth-order valence-electron chi connectivity index (χ4n) is 3.47. The van der Waals surface area contributed by atoms with Crippen molar-refractivity contribution in [2.75, 3.05) is 18.0 Å². The SMILES string of the molecule is CCC(C)NC(=O)c1ccccc1N1CCC(NS(=O)(=O)c2ccccc2)CC1. The van der Waals surface area contributed by atoms with Crippen molar-refractivity contribution in [2.45, 2.75) is 50.1 Å². The second-order valence-corrected chi connectivity index (χ2v) is 9.21. The van der Waals surface area contributed by atoms with E-state index < -0.39 is 10.0 Å². The number of piperidine rings is 1. The molecule has 0 spiro atoms. The molecule has 1 aliphatic rings. The van der Waals surface area contributed by atoms with Gasteiger partial charge in [-0.05, 0) is 50.5 Å². The van der Waals surface area contributed by atoms with E-state index in [9.17, 15) is 13.2 Å². The van der Waals surface area contributed by atoms with Crippen molar-refractivity contribution in [1.29, 1.82) is 0 Å². The first-order valence-electron chi connectivity index (χ1n) is 10.1. The van der Waals surface area contributed by atoms with E-state index in [-0.39, 0.29) is 22.9 Å². The lowest BCUT2D eigenvalue weighted by molar-refractivity contribution is 0.0939. The van der Waals surface area contributed by atoms with E-state index in [1.165, 1.54) is 0 Å². The highest BCUT2D eigenvalue weighted by atomic mass is 32.2. The Morgan fingerprint density at radius 2 is 1.69 bits per heavy atom. The van der Waals surface area contributed by atoms with Crippen LogP contribution in [0, 0.1) is 0 Å². The number of amides is 1. The molecule has 1 unspecified atom stereocenters. The van der Waals surface area contributed by atoms with Gasteiger partial charge < -0.3 is 10.2 Å². The molecule has 3 rings (SSSR count). The number of nitrogens with one attached hydrogen (secondary N) is 2. The molecule has 156 valence electrons. The van der Waals surface area contributed by atoms with Crippen LogP contribution >= 0.6 is 0 Å². The van der Waals surface area contributed by atoms with Gasteiger partial charge in [0.2, 0.25) is 10.0 Å². The second kappa shape index (κ2) is 9.41. The van der Waals surface area contributed by atoms with Gasteiger partial charge in [0.1, 0.15) is 0 Å². The molecule has 1 aliphatic heterocycles. The monoisotopic (exact) mass is 415 g/mol. The third-order valence-corrected chi connectivity index (χ3v) is 6.89. The van der Waals surface area contributed by atoms with Crippen LogP contribution in [-0.4, -0.2) is 39.5 Å². The molecule has 6 nitrogen and oxygen atoms in total. The standard InChI is InChI=1S/C22H29N3O3S/c1-3-17(2)23-22(26)20-11-7-8-12-21(20)25-15-13-18(14-16-25)24-29(27,28)19-9-5-4-6-10-19/h4-12,17-18,24H,3,13-16H2,1-2H3,(H,23,26). The van der Waals surface area contributed by atoms with Crippen molar-refractivity contribution in [1.82, 2.24) is 10.0 Å². The van der Waals surface area contributed by atoms with E-state index in [0.29, 0.717) is 31.5 Å². The van der Waals surface area contributed by atoms with Gasteiger partial charge in [-0.2, -0.15) is 0 Å². The number of carbonyl (C=O) groups is 1. The molecule has 1 fully saturated rings. The first kappa shape index (κ1) is 21.3. The zero-order chi connectivity index (χ0) is 20.9. The van der Waals surface area contributed by atoms with Crippen LogP contribution in [-0.2, 0) is 10.0 Å². The van der Waals surface area contributed by atoms with E-state index in [1.807, 2.05) is 38.1 Å². The predicted octanol–water partition coefficient (Wildman–Crippen LogP) is 3.16. The van der Waals surface area contributed by atoms with Gasteiger partial charge in [-0.15, -0.1) is 0 Å². The topological polar surface area (TPSA) is 78.5 Å². The average molecular weight is 416 g/mol. The maximum absolute atomic E-state index is 12.7. The minimum atomic E-state index is -3.51. The van der Waals surface area contributed by atoms with Crippen LogP contribution in [0.4, 0.5) is 5.69 Å². The summed E-state index contributed by atoms with van der Waals surface area (Å²) in [7, 11) is -3.51. The quantitative estimate of drug-likeness (QED) is 0.728. The smallest absolute Gasteiger partial charge is 0.253 e. The Balaban J connectivity index is 1.65. The molecule has 1 amide bonds. The van der Waals surface area contributed by atoms with Crippen molar-refractivity contribution < 1.29 is 13.2 Å². The van der Waals surface area contributed by atoms with Gasteiger partial charge in [0.15, 0.2) is 0 Å². The fraction of sp³-hybridized carbons (Fsp3) is 0.409. The highest BCUT2D eigenvalue weighted by Crippen LogP contribution is 2.25. The van der Waals surface area contributed by atoms with Crippen molar-refractivity contribution in [3.8, 4) is 0 Å². The Hall–Kier alpha value is -2.38. The lowest BCUT2D eigenvalue weighted by atomic mass is 10.0. The van der Waals surface area contributed by atoms with Crippen molar-refractivity contribution >= 4 is 21.6 Å². The summed E-state index contributed by atoms with van der Waals surface area (Å²) >= 11 is 0. The Kier molecular flexibility index (Phi) is 6.92. The molecule has 29 heavy (non-hydrogen) atoms. The number of para-hydroxylation sites is 1. The molecule has 0 aromatic heterocycles. The molecule has 1 heterocycles. The number of carbonyl (C=O) groups excluding carboxylic acids is 1. The van der Waals surface area contributed by atoms with Crippen LogP contribution in [0.15, 0.2) is 59.5 Å². The lowest BCUT2D eigenvalue weighted by Crippen LogP contribution is -2.45. The largest absolute Gasteiger partial charge is 0.371 e. The van der Waals surface area contributed by atoms with Crippen LogP contribution in [0.5, 0.6) is 0 Å². The fourth-order valence-corrected chi connectivity index (χ4v) is 4.80. The Morgan fingerprint density at radius 1 is 1.07 bits per heavy atom. The number of benzene rings is 2. The van der Waals surface area contributed by atoms with Crippen LogP contribution in [0.25, 0.3) is 0 Å². The van der Waals surface area contributed by atoms with Crippen LogP contribution in [0.2, 0.25) is 0 Å². The molecule has 2 N–H and O–H groups in total. The highest BCUT2D eigenvalue weighted by molar-refractivity contribution is 7.89. The third kappa shape index (κ3) is 5.36. The Morgan fingerprint density at radius 3 is 2.34 bits per heavy atom. The van der Waals surface area contributed by atoms with Gasteiger partial charge in [0.25, 0.3) is 5.91 Å². The van der Waals surface area contributed by atoms with Crippen molar-refractivity contribution in [3.63, 3.8) is 0 Å². The zero-order valence-corrected chi connectivity index (χ0v) is 17.8. The van der Waals surface area contributed by atoms with E-state index in [4.69, 9.17) is 0 Å². The minimum Gasteiger partial charge on any atom is -0.371 e. The molecule has 1 saturated heterocycles. The lowest BCUT2D eigenvalue weighted by Gasteiger charge is -2.34. The van der Waals surface area contributed by atoms with Gasteiger partial charge in [-0.1, -0.05) is 37.3 Å². The summed E-state index contributed by atoms with van der Waals surface area (Å²) in [5.74, 6) is -0.0677. The van der Waals surface area contributed by atoms with Gasteiger partial charge in [-0.3, -0.25) is 4.79 Å². The first-order chi connectivity index (χ1) is 13.9. The summed E-state index contributed by atoms with van der Waals surface area (Å²) in [5.41, 5.74) is 1.56. The summed E-state index contributed by atoms with van der Waals surface area (Å²) in [6.07, 6.45) is 2.25. The highest BCUT2D eigenvalue weighted by Gasteiger charge is 2.26. The Bertz CT molecular complexity index is 923. The van der Waals surface area contributed by atoms with Gasteiger partial charge in [-0.25, -0.2) is 13.1 Å². The van der Waals surface area contributed by atoms with E-state index in [1.54, 1.807) is 30.3 Å². The molecule has 2 aromatic rings. The molecule has 0 aliphatic carbocycles. The van der Waals surface area contributed by atoms with E-state index in [0.717, 1.165) is 12.1 Å². The van der Waals surface area contributed by atoms with Crippen molar-refractivity contribution in [3.05, 3.63) is 60.2 Å². The minimum absolute atomic E-state index is 0.0677. The summed E-state index contributed by atoms with van der Waals surface area (Å²) in [5, 5.41) is 3.03. The van der Waals surface area contributed by atoms with Gasteiger partial charge in [0, 0.05) is 30.9 Å². The molecule has 0 bridgehead atoms. The molecular formula is C22H29N3O3S. The number of rotatable bonds is 7. The molecular weight excluding hydrogens is 386 g/mol. The third-order valence-electron chi connectivity index (χ3n) is 5.35. The molecule has 7 heteroatoms. The summed E-state index contributed by atoms with van der Waals surface area (Å²) in [6, 6.07) is 16.1. The van der Waals surface area contributed by atoms with Crippen LogP contribution in [0.3, 0.4) is 0 Å². The second-order valence-electron chi connectivity index (χ2n) is 7.50. The van der Waals surface area contributed by atoms with Crippen LogP contribution < -0.4 is 14.9 Å². The number of anilines is 1. The van der Waals surface area contributed by atoms with Gasteiger partial charge >= 0.3 is 0 Å². The first-order valence-corrected chi connectivity index (χ1v) is 11.6. The van der Waals surface area contributed by atoms with E-state index >= 15 is 0 Å². The zero-order valence-electron chi connectivity index (χ0n) is 17.0. The molecule has 2 aromatic carbocycles. The van der Waals surface area contributed by atoms with Crippen LogP contribution in [0.1, 0.15) is 43.5 Å². The van der Waals surface area contributed by atoms with E-state index in [2.05, 4.69) is 14.9 Å². The predicted molar refractivity (Wildman–Crippen MR) is 116 cm³/mol. The summed E-state index contributed by atoms with van der Waals surface area (Å²) in [6.45, 7) is 5.41. The number of sulfonamides is 1. The van der Waals surface area contributed by atoms with Gasteiger partial charge in [0.05, 0.1) is 10.5 Å². The number of hydrogen-bond acceptors (Lipinski definition) is 4. The Labute approximate surface area is 173 Å². The number of hydrogen-bond donors (Lipinski definition) is 2. The molecule has 1 atom stereocenters. The maximum Gasteiger partial charge on any atom is 0.253 e. The van der Waals surface area contributed by atoms with Crippen molar-refractivity contribution in [2.24, 2.45) is 0 Å². The number of nitrogens with zero attached hydrogens (tertiary/aromatic N) is 1. The summed E-state index contributed by atoms with van der Waals surface area (Å²) in [4.78, 5) is 15.1. The summed E-state index contributed by atoms with van der Waals surface area (Å²) < 4.78 is 27.9. The average Bonchev–Trinajstić information content (AvgIpc) is 2.74. The maximum atomic E-state index is 12.7. The molecule has 0 saturated carbocycles. The molecule has 0 radical (unpaired) electrons.